The van der Waals surface area contributed by atoms with Crippen LogP contribution in [0.15, 0.2) is 72.0 Å². The van der Waals surface area contributed by atoms with Gasteiger partial charge in [0.2, 0.25) is 0 Å². The Bertz CT molecular complexity index is 1000. The second kappa shape index (κ2) is 21.6. The van der Waals surface area contributed by atoms with Crippen LogP contribution in [0.2, 0.25) is 0 Å². The highest BCUT2D eigenvalue weighted by Crippen LogP contribution is 2.27. The zero-order valence-electron chi connectivity index (χ0n) is 26.4. The van der Waals surface area contributed by atoms with Crippen LogP contribution in [-0.2, 0) is 4.79 Å². The SMILES string of the molecule is C=C(Nc1ccc(OC(C)(F)F)cc1)/C(C(=N)C(CC)CC)=C(\C=C/C)CO.CC.CCC(C)C(=O)/C=C/C(C)O. The van der Waals surface area contributed by atoms with Gasteiger partial charge in [-0.1, -0.05) is 66.3 Å². The third kappa shape index (κ3) is 16.7. The number of hydrogen-bond donors (Lipinski definition) is 4. The van der Waals surface area contributed by atoms with E-state index in [0.717, 1.165) is 19.3 Å². The molecule has 0 aliphatic heterocycles. The monoisotopic (exact) mass is 578 g/mol. The molecule has 1 rings (SSSR count). The number of nitrogens with one attached hydrogen (secondary N) is 2. The maximum atomic E-state index is 12.9. The second-order valence-electron chi connectivity index (χ2n) is 9.33. The Morgan fingerprint density at radius 2 is 1.63 bits per heavy atom. The number of ether oxygens (including phenoxy) is 1. The minimum Gasteiger partial charge on any atom is -0.433 e. The molecule has 1 aromatic rings. The van der Waals surface area contributed by atoms with Crippen LogP contribution in [0.25, 0.3) is 0 Å². The lowest BCUT2D eigenvalue weighted by Crippen LogP contribution is -2.21. The molecule has 0 aliphatic rings. The Labute approximate surface area is 246 Å². The van der Waals surface area contributed by atoms with E-state index in [-0.39, 0.29) is 30.0 Å². The number of allylic oxidation sites excluding steroid dienone is 3. The first kappa shape index (κ1) is 40.0. The molecule has 0 aromatic heterocycles. The number of aliphatic hydroxyl groups excluding tert-OH is 2. The van der Waals surface area contributed by atoms with Crippen molar-refractivity contribution in [3.63, 3.8) is 0 Å². The van der Waals surface area contributed by atoms with Crippen molar-refractivity contribution in [1.82, 2.24) is 0 Å². The molecule has 41 heavy (non-hydrogen) atoms. The first-order valence-corrected chi connectivity index (χ1v) is 14.3. The van der Waals surface area contributed by atoms with Crippen LogP contribution in [0, 0.1) is 17.2 Å². The smallest absolute Gasteiger partial charge is 0.394 e. The summed E-state index contributed by atoms with van der Waals surface area (Å²) in [5.41, 5.74) is 2.66. The molecular weight excluding hydrogens is 526 g/mol. The van der Waals surface area contributed by atoms with E-state index in [1.165, 1.54) is 24.3 Å². The van der Waals surface area contributed by atoms with Gasteiger partial charge in [-0.15, -0.1) is 0 Å². The lowest BCUT2D eigenvalue weighted by Gasteiger charge is -2.22. The van der Waals surface area contributed by atoms with Crippen LogP contribution in [0.1, 0.15) is 81.6 Å². The molecule has 0 spiro atoms. The highest BCUT2D eigenvalue weighted by atomic mass is 19.3. The van der Waals surface area contributed by atoms with E-state index < -0.39 is 12.2 Å². The van der Waals surface area contributed by atoms with Crippen LogP contribution in [0.3, 0.4) is 0 Å². The molecule has 4 N–H and O–H groups in total. The summed E-state index contributed by atoms with van der Waals surface area (Å²) in [6.45, 7) is 19.9. The van der Waals surface area contributed by atoms with Gasteiger partial charge in [0, 0.05) is 41.4 Å². The fourth-order valence-corrected chi connectivity index (χ4v) is 3.50. The number of carbonyl (C=O) groups excluding carboxylic acids is 1. The standard InChI is InChI=1S/C22H30F2N2O2.C9H16O2.C2H6/c1-6-9-17(14-27)20(21(25)16(7-2)8-3)15(4)26-18-10-12-19(13-11-18)28-22(5,23)24;1-4-7(2)9(11)6-5-8(3)10;1-2/h6,9-13,16,25-27H,4,7-8,14H2,1-3,5H3;5-8,10H,4H2,1-3H3;1-2H3/b9-6-,20-17-,25-21?;6-5+;. The van der Waals surface area contributed by atoms with Crippen molar-refractivity contribution in [2.45, 2.75) is 93.8 Å². The average molecular weight is 579 g/mol. The van der Waals surface area contributed by atoms with E-state index in [4.69, 9.17) is 10.5 Å². The largest absolute Gasteiger partial charge is 0.433 e. The molecular formula is C33H52F2N2O4. The maximum absolute atomic E-state index is 12.9. The molecule has 8 heteroatoms. The van der Waals surface area contributed by atoms with Gasteiger partial charge in [-0.3, -0.25) is 4.79 Å². The number of hydrogen-bond acceptors (Lipinski definition) is 6. The van der Waals surface area contributed by atoms with E-state index in [9.17, 15) is 18.7 Å². The van der Waals surface area contributed by atoms with Gasteiger partial charge in [-0.25, -0.2) is 0 Å². The van der Waals surface area contributed by atoms with Crippen molar-refractivity contribution in [3.05, 3.63) is 72.0 Å². The quantitative estimate of drug-likeness (QED) is 0.0949. The molecule has 0 radical (unpaired) electrons. The van der Waals surface area contributed by atoms with Crippen LogP contribution in [0.5, 0.6) is 5.75 Å². The minimum absolute atomic E-state index is 0.0444. The Morgan fingerprint density at radius 1 is 1.10 bits per heavy atom. The van der Waals surface area contributed by atoms with Gasteiger partial charge in [0.15, 0.2) is 5.78 Å². The van der Waals surface area contributed by atoms with Crippen molar-refractivity contribution < 1.29 is 28.5 Å². The summed E-state index contributed by atoms with van der Waals surface area (Å²) in [5.74, 6) is 0.260. The molecule has 0 saturated heterocycles. The van der Waals surface area contributed by atoms with Crippen LogP contribution < -0.4 is 10.1 Å². The number of ketones is 1. The fraction of sp³-hybridized carbons (Fsp3) is 0.515. The number of rotatable bonds is 15. The predicted octanol–water partition coefficient (Wildman–Crippen LogP) is 8.49. The van der Waals surface area contributed by atoms with E-state index in [0.29, 0.717) is 35.2 Å². The van der Waals surface area contributed by atoms with Gasteiger partial charge < -0.3 is 25.7 Å². The van der Waals surface area contributed by atoms with Gasteiger partial charge in [0.25, 0.3) is 0 Å². The highest BCUT2D eigenvalue weighted by molar-refractivity contribution is 6.04. The highest BCUT2D eigenvalue weighted by Gasteiger charge is 2.23. The number of halogens is 2. The summed E-state index contributed by atoms with van der Waals surface area (Å²) in [5, 5.41) is 30.4. The first-order chi connectivity index (χ1) is 19.2. The van der Waals surface area contributed by atoms with E-state index in [1.807, 2.05) is 48.5 Å². The number of carbonyl (C=O) groups is 1. The molecule has 2 atom stereocenters. The van der Waals surface area contributed by atoms with Crippen LogP contribution >= 0.6 is 0 Å². The lowest BCUT2D eigenvalue weighted by atomic mass is 9.88. The zero-order chi connectivity index (χ0) is 32.2. The molecule has 0 amide bonds. The molecule has 0 heterocycles. The number of anilines is 1. The predicted molar refractivity (Wildman–Crippen MR) is 168 cm³/mol. The number of aliphatic hydroxyl groups is 2. The van der Waals surface area contributed by atoms with Crippen molar-refractivity contribution in [2.24, 2.45) is 11.8 Å². The summed E-state index contributed by atoms with van der Waals surface area (Å²) in [4.78, 5) is 11.1. The number of alkyl halides is 2. The van der Waals surface area contributed by atoms with Gasteiger partial charge in [-0.2, -0.15) is 8.78 Å². The fourth-order valence-electron chi connectivity index (χ4n) is 3.50. The van der Waals surface area contributed by atoms with Gasteiger partial charge in [-0.05, 0) is 69.0 Å². The molecule has 0 saturated carbocycles. The topological polar surface area (TPSA) is 103 Å². The van der Waals surface area contributed by atoms with E-state index >= 15 is 0 Å². The van der Waals surface area contributed by atoms with Crippen molar-refractivity contribution >= 4 is 17.2 Å². The molecule has 2 unspecified atom stereocenters. The maximum Gasteiger partial charge on any atom is 0.394 e. The molecule has 6 nitrogen and oxygen atoms in total. The third-order valence-corrected chi connectivity index (χ3v) is 5.91. The van der Waals surface area contributed by atoms with Crippen LogP contribution in [0.4, 0.5) is 14.5 Å². The summed E-state index contributed by atoms with van der Waals surface area (Å²) < 4.78 is 30.4. The number of benzene rings is 1. The van der Waals surface area contributed by atoms with Gasteiger partial charge in [0.05, 0.1) is 12.7 Å². The summed E-state index contributed by atoms with van der Waals surface area (Å²) in [6.07, 6.45) is 5.21. The van der Waals surface area contributed by atoms with Crippen LogP contribution in [-0.4, -0.2) is 40.5 Å². The molecule has 0 bridgehead atoms. The zero-order valence-corrected chi connectivity index (χ0v) is 26.4. The van der Waals surface area contributed by atoms with Crippen molar-refractivity contribution in [1.29, 1.82) is 5.41 Å². The Kier molecular flexibility index (Phi) is 21.1. The lowest BCUT2D eigenvalue weighted by molar-refractivity contribution is -0.158. The van der Waals surface area contributed by atoms with Gasteiger partial charge >= 0.3 is 6.11 Å². The Hall–Kier alpha value is -3.10. The van der Waals surface area contributed by atoms with Crippen molar-refractivity contribution in [3.8, 4) is 5.75 Å². The van der Waals surface area contributed by atoms with Crippen molar-refractivity contribution in [2.75, 3.05) is 11.9 Å². The third-order valence-electron chi connectivity index (χ3n) is 5.91. The molecule has 232 valence electrons. The first-order valence-electron chi connectivity index (χ1n) is 14.3. The van der Waals surface area contributed by atoms with Gasteiger partial charge in [0.1, 0.15) is 5.75 Å². The summed E-state index contributed by atoms with van der Waals surface area (Å²) in [7, 11) is 0. The molecule has 0 fully saturated rings. The second-order valence-corrected chi connectivity index (χ2v) is 9.33. The minimum atomic E-state index is -3.25. The Balaban J connectivity index is 0. The average Bonchev–Trinajstić information content (AvgIpc) is 2.93. The summed E-state index contributed by atoms with van der Waals surface area (Å²) >= 11 is 0. The molecule has 1 aromatic carbocycles. The molecule has 0 aliphatic carbocycles. The summed E-state index contributed by atoms with van der Waals surface area (Å²) in [6, 6.07) is 6.06. The normalized spacial score (nSPS) is 13.4. The van der Waals surface area contributed by atoms with E-state index in [2.05, 4.69) is 16.6 Å². The van der Waals surface area contributed by atoms with E-state index in [1.54, 1.807) is 31.2 Å². The Morgan fingerprint density at radius 3 is 2.02 bits per heavy atom.